The van der Waals surface area contributed by atoms with Crippen LogP contribution in [-0.2, 0) is 0 Å². The largest absolute Gasteiger partial charge is 0.386 e. The average Bonchev–Trinajstić information content (AvgIpc) is 2.52. The number of amides is 1. The van der Waals surface area contributed by atoms with Crippen LogP contribution in [0.4, 0.5) is 10.1 Å². The quantitative estimate of drug-likeness (QED) is 0.654. The zero-order chi connectivity index (χ0) is 16.1. The summed E-state index contributed by atoms with van der Waals surface area (Å²) in [6.07, 6.45) is -1.18. The SMILES string of the molecule is O=C(NCC(O)c1ccccc1F)c1ccc([N+](=O)[O-])cc1. The summed E-state index contributed by atoms with van der Waals surface area (Å²) in [5.41, 5.74) is 0.181. The van der Waals surface area contributed by atoms with Gasteiger partial charge in [0.2, 0.25) is 0 Å². The number of rotatable bonds is 5. The first kappa shape index (κ1) is 15.6. The molecule has 1 atom stereocenters. The molecule has 0 bridgehead atoms. The van der Waals surface area contributed by atoms with E-state index in [0.29, 0.717) is 0 Å². The van der Waals surface area contributed by atoms with E-state index in [0.717, 1.165) is 0 Å². The smallest absolute Gasteiger partial charge is 0.269 e. The zero-order valence-electron chi connectivity index (χ0n) is 11.4. The lowest BCUT2D eigenvalue weighted by Crippen LogP contribution is -2.28. The van der Waals surface area contributed by atoms with Gasteiger partial charge in [-0.15, -0.1) is 0 Å². The average molecular weight is 304 g/mol. The van der Waals surface area contributed by atoms with E-state index in [2.05, 4.69) is 5.32 Å². The normalized spacial score (nSPS) is 11.7. The van der Waals surface area contributed by atoms with Gasteiger partial charge in [0.25, 0.3) is 11.6 Å². The topological polar surface area (TPSA) is 92.5 Å². The van der Waals surface area contributed by atoms with Gasteiger partial charge in [-0.3, -0.25) is 14.9 Å². The van der Waals surface area contributed by atoms with Crippen molar-refractivity contribution in [3.63, 3.8) is 0 Å². The Morgan fingerprint density at radius 3 is 2.45 bits per heavy atom. The third kappa shape index (κ3) is 3.64. The molecule has 0 radical (unpaired) electrons. The number of non-ortho nitro benzene ring substituents is 1. The van der Waals surface area contributed by atoms with Crippen LogP contribution in [0, 0.1) is 15.9 Å². The molecule has 0 aromatic heterocycles. The molecule has 114 valence electrons. The molecule has 2 aromatic rings. The summed E-state index contributed by atoms with van der Waals surface area (Å²) in [7, 11) is 0. The predicted molar refractivity (Wildman–Crippen MR) is 76.8 cm³/mol. The third-order valence-electron chi connectivity index (χ3n) is 3.06. The van der Waals surface area contributed by atoms with Crippen molar-refractivity contribution >= 4 is 11.6 Å². The summed E-state index contributed by atoms with van der Waals surface area (Å²) < 4.78 is 13.5. The molecule has 0 saturated heterocycles. The zero-order valence-corrected chi connectivity index (χ0v) is 11.4. The number of nitro benzene ring substituents is 1. The number of nitro groups is 1. The Morgan fingerprint density at radius 1 is 1.23 bits per heavy atom. The molecule has 0 spiro atoms. The van der Waals surface area contributed by atoms with Gasteiger partial charge in [-0.25, -0.2) is 4.39 Å². The second-order valence-electron chi connectivity index (χ2n) is 4.55. The number of aliphatic hydroxyl groups excluding tert-OH is 1. The van der Waals surface area contributed by atoms with E-state index in [9.17, 15) is 24.4 Å². The maximum Gasteiger partial charge on any atom is 0.269 e. The van der Waals surface area contributed by atoms with Crippen LogP contribution in [-0.4, -0.2) is 22.5 Å². The minimum Gasteiger partial charge on any atom is -0.386 e. The van der Waals surface area contributed by atoms with Crippen molar-refractivity contribution in [2.45, 2.75) is 6.10 Å². The van der Waals surface area contributed by atoms with Crippen molar-refractivity contribution in [1.29, 1.82) is 0 Å². The Labute approximate surface area is 125 Å². The van der Waals surface area contributed by atoms with Crippen molar-refractivity contribution in [2.24, 2.45) is 0 Å². The fourth-order valence-corrected chi connectivity index (χ4v) is 1.88. The predicted octanol–water partition coefficient (Wildman–Crippen LogP) is 2.20. The van der Waals surface area contributed by atoms with Crippen LogP contribution < -0.4 is 5.32 Å². The van der Waals surface area contributed by atoms with Crippen LogP contribution in [0.1, 0.15) is 22.0 Å². The van der Waals surface area contributed by atoms with E-state index in [4.69, 9.17) is 0 Å². The van der Waals surface area contributed by atoms with Crippen LogP contribution in [0.2, 0.25) is 0 Å². The second kappa shape index (κ2) is 6.77. The molecule has 0 heterocycles. The summed E-state index contributed by atoms with van der Waals surface area (Å²) in [6.45, 7) is -0.170. The monoisotopic (exact) mass is 304 g/mol. The summed E-state index contributed by atoms with van der Waals surface area (Å²) >= 11 is 0. The second-order valence-corrected chi connectivity index (χ2v) is 4.55. The van der Waals surface area contributed by atoms with Gasteiger partial charge in [-0.2, -0.15) is 0 Å². The first-order valence-electron chi connectivity index (χ1n) is 6.44. The van der Waals surface area contributed by atoms with Crippen molar-refractivity contribution in [2.75, 3.05) is 6.54 Å². The van der Waals surface area contributed by atoms with E-state index >= 15 is 0 Å². The van der Waals surface area contributed by atoms with Gasteiger partial charge >= 0.3 is 0 Å². The first-order chi connectivity index (χ1) is 10.5. The molecule has 1 amide bonds. The van der Waals surface area contributed by atoms with Crippen molar-refractivity contribution in [3.05, 3.63) is 75.6 Å². The molecular weight excluding hydrogens is 291 g/mol. The Balaban J connectivity index is 1.98. The molecule has 22 heavy (non-hydrogen) atoms. The van der Waals surface area contributed by atoms with Crippen LogP contribution in [0.25, 0.3) is 0 Å². The van der Waals surface area contributed by atoms with Gasteiger partial charge in [0.1, 0.15) is 5.82 Å². The molecule has 0 saturated carbocycles. The van der Waals surface area contributed by atoms with Gasteiger partial charge in [0.05, 0.1) is 11.0 Å². The Kier molecular flexibility index (Phi) is 4.80. The van der Waals surface area contributed by atoms with Gasteiger partial charge < -0.3 is 10.4 Å². The van der Waals surface area contributed by atoms with Crippen LogP contribution in [0.5, 0.6) is 0 Å². The van der Waals surface area contributed by atoms with E-state index in [-0.39, 0.29) is 23.4 Å². The standard InChI is InChI=1S/C15H13FN2O4/c16-13-4-2-1-3-12(13)14(19)9-17-15(20)10-5-7-11(8-6-10)18(21)22/h1-8,14,19H,9H2,(H,17,20). The number of carbonyl (C=O) groups is 1. The number of halogens is 1. The van der Waals surface area contributed by atoms with Crippen LogP contribution in [0.15, 0.2) is 48.5 Å². The van der Waals surface area contributed by atoms with Crippen LogP contribution >= 0.6 is 0 Å². The molecule has 6 nitrogen and oxygen atoms in total. The Morgan fingerprint density at radius 2 is 1.86 bits per heavy atom. The molecule has 0 aliphatic rings. The van der Waals surface area contributed by atoms with Crippen molar-refractivity contribution in [3.8, 4) is 0 Å². The summed E-state index contributed by atoms with van der Waals surface area (Å²) in [4.78, 5) is 21.8. The molecule has 2 aromatic carbocycles. The maximum absolute atomic E-state index is 13.5. The number of hydrogen-bond donors (Lipinski definition) is 2. The summed E-state index contributed by atoms with van der Waals surface area (Å²) in [5, 5.41) is 22.8. The highest BCUT2D eigenvalue weighted by atomic mass is 19.1. The molecule has 2 N–H and O–H groups in total. The van der Waals surface area contributed by atoms with Gasteiger partial charge in [0.15, 0.2) is 0 Å². The van der Waals surface area contributed by atoms with Crippen LogP contribution in [0.3, 0.4) is 0 Å². The molecule has 7 heteroatoms. The highest BCUT2D eigenvalue weighted by molar-refractivity contribution is 5.94. The Bertz CT molecular complexity index is 688. The summed E-state index contributed by atoms with van der Waals surface area (Å²) in [6, 6.07) is 10.8. The van der Waals surface area contributed by atoms with Crippen molar-refractivity contribution < 1.29 is 19.2 Å². The molecule has 0 fully saturated rings. The molecule has 2 rings (SSSR count). The van der Waals surface area contributed by atoms with Gasteiger partial charge in [-0.1, -0.05) is 18.2 Å². The number of nitrogens with zero attached hydrogens (tertiary/aromatic N) is 1. The lowest BCUT2D eigenvalue weighted by Gasteiger charge is -2.13. The van der Waals surface area contributed by atoms with Crippen molar-refractivity contribution in [1.82, 2.24) is 5.32 Å². The number of hydrogen-bond acceptors (Lipinski definition) is 4. The van der Waals surface area contributed by atoms with Gasteiger partial charge in [0, 0.05) is 29.8 Å². The minimum atomic E-state index is -1.18. The van der Waals surface area contributed by atoms with E-state index < -0.39 is 22.8 Å². The summed E-state index contributed by atoms with van der Waals surface area (Å²) in [5.74, 6) is -1.06. The third-order valence-corrected chi connectivity index (χ3v) is 3.06. The number of carbonyl (C=O) groups excluding carboxylic acids is 1. The molecular formula is C15H13FN2O4. The number of nitrogens with one attached hydrogen (secondary N) is 1. The Hall–Kier alpha value is -2.80. The number of aliphatic hydroxyl groups is 1. The first-order valence-corrected chi connectivity index (χ1v) is 6.44. The highest BCUT2D eigenvalue weighted by Crippen LogP contribution is 2.16. The van der Waals surface area contributed by atoms with E-state index in [1.165, 1.54) is 42.5 Å². The molecule has 0 aliphatic carbocycles. The van der Waals surface area contributed by atoms with Gasteiger partial charge in [-0.05, 0) is 18.2 Å². The van der Waals surface area contributed by atoms with E-state index in [1.54, 1.807) is 6.07 Å². The fraction of sp³-hybridized carbons (Fsp3) is 0.133. The molecule has 0 aliphatic heterocycles. The highest BCUT2D eigenvalue weighted by Gasteiger charge is 2.14. The maximum atomic E-state index is 13.5. The minimum absolute atomic E-state index is 0.0894. The number of benzene rings is 2. The lowest BCUT2D eigenvalue weighted by atomic mass is 10.1. The fourth-order valence-electron chi connectivity index (χ4n) is 1.88. The van der Waals surface area contributed by atoms with E-state index in [1.807, 2.05) is 0 Å². The molecule has 1 unspecified atom stereocenters. The lowest BCUT2D eigenvalue weighted by molar-refractivity contribution is -0.384.